The number of ether oxygens (including phenoxy) is 7. The minimum absolute atomic E-state index is 0. The first-order valence-electron chi connectivity index (χ1n) is 31.7. The molecule has 0 aromatic heterocycles. The Morgan fingerprint density at radius 3 is 1.58 bits per heavy atom. The molecule has 7 aliphatic rings. The molecule has 15 atom stereocenters. The molecule has 3 aliphatic carbocycles. The molecule has 10 nitrogen and oxygen atoms in total. The van der Waals surface area contributed by atoms with E-state index >= 15 is 0 Å². The van der Waals surface area contributed by atoms with Crippen LogP contribution in [0.15, 0.2) is 72.9 Å². The molecule has 11 heteroatoms. The highest BCUT2D eigenvalue weighted by atomic mass is 16.7. The molecule has 8 rings (SSSR count). The summed E-state index contributed by atoms with van der Waals surface area (Å²) < 4.78 is 41.5. The number of unbranched alkanes of at least 4 members (excludes halogenated alkanes) is 6. The van der Waals surface area contributed by atoms with Crippen LogP contribution in [-0.4, -0.2) is 89.1 Å². The van der Waals surface area contributed by atoms with Gasteiger partial charge in [-0.15, -0.1) is 0 Å². The van der Waals surface area contributed by atoms with Crippen molar-refractivity contribution in [2.75, 3.05) is 19.8 Å². The zero-order valence-electron chi connectivity index (χ0n) is 50.3. The molecule has 441 valence electrons. The summed E-state index contributed by atoms with van der Waals surface area (Å²) in [5.41, 5.74) is 3.29. The van der Waals surface area contributed by atoms with Gasteiger partial charge >= 0.3 is 5.97 Å². The lowest BCUT2D eigenvalue weighted by atomic mass is 9.85. The number of hydrogen-bond acceptors (Lipinski definition) is 10. The lowest BCUT2D eigenvalue weighted by Gasteiger charge is -2.27. The Bertz CT molecular complexity index is 2010. The lowest BCUT2D eigenvalue weighted by molar-refractivity contribution is -0.179. The van der Waals surface area contributed by atoms with Crippen LogP contribution in [0.2, 0.25) is 0 Å². The van der Waals surface area contributed by atoms with E-state index in [2.05, 4.69) is 116 Å². The third-order valence-electron chi connectivity index (χ3n) is 17.7. The molecule has 3 radical (unpaired) electrons. The Morgan fingerprint density at radius 1 is 0.620 bits per heavy atom. The highest BCUT2D eigenvalue weighted by molar-refractivity contribution is 5.98. The van der Waals surface area contributed by atoms with Crippen molar-refractivity contribution in [2.24, 2.45) is 47.3 Å². The molecule has 4 aliphatic heterocycles. The van der Waals surface area contributed by atoms with E-state index in [9.17, 15) is 14.4 Å². The standard InChI is InChI=1S/C27H40O3.C21H34O4.C20H32O3.B/c1-4-5-6-12-23(30-27-13-7-8-16-29-27)14-15-24-21(3)18-26(28)25(24)19-22-11-9-10-20(2)17-22;1-3-4-5-8-16(24-21-9-6-7-12-23-21)10-11-17-15(2)13-19-18(17)14-20(22)25-19;1-4-5-6-9-17(23-20-10-7-8-13-22-20)11-12-18-15(2)14-19(21)16(18)3;/h9-11,14-15,17,21,23-25,27H,4-8,12-13,16,18-19H2,1-3H3;10-11,15-19,21H,3-9,12-14H2,1-2H3;11-12,15,17-18,20H,3-10,13-14H2,1-2H3;/b15-14+;11-10+;12-11+;/t21-,23+,24+,25-,27?;15-,16+,17+,18-,19+,21?;15-,17+,18+,20?;/m111./s1. The number of Topliss-reactive ketones (excluding diaryl/α,β-unsaturated/α-hetero) is 2. The SMILES string of the molecule is C=C1C(=O)C[C@@H](C)[C@@H]1/C=C/[C@H](CCCCC)OC1CCCCO1.CCCCC[C@@H](/C=C/[C@@H]1[C@H]2CC(=O)O[C@H]2C[C@H]1C)OC1CCCCO1.CCCCC[C@@H](/C=C/[C@H]1[C@H](C)CC(=O)[C@@H]1Cc1cccc(C)c1)OC1CCCCO1.[B]. The summed E-state index contributed by atoms with van der Waals surface area (Å²) in [7, 11) is 0. The number of allylic oxidation sites excluding steroid dienone is 4. The van der Waals surface area contributed by atoms with Crippen LogP contribution in [0, 0.1) is 54.3 Å². The van der Waals surface area contributed by atoms with Crippen molar-refractivity contribution in [3.05, 3.63) is 84.0 Å². The summed E-state index contributed by atoms with van der Waals surface area (Å²) >= 11 is 0. The Balaban J connectivity index is 0.000000219. The molecule has 4 heterocycles. The number of benzene rings is 1. The topological polar surface area (TPSA) is 116 Å². The number of rotatable bonds is 26. The van der Waals surface area contributed by atoms with Gasteiger partial charge in [0.2, 0.25) is 0 Å². The number of ketones is 2. The number of aryl methyl sites for hydroxylation is 1. The van der Waals surface area contributed by atoms with E-state index in [1.807, 2.05) is 0 Å². The first-order chi connectivity index (χ1) is 37.8. The van der Waals surface area contributed by atoms with E-state index in [0.29, 0.717) is 60.6 Å². The monoisotopic (exact) mass is 1090 g/mol. The number of fused-ring (bicyclic) bond motifs is 1. The minimum Gasteiger partial charge on any atom is -0.462 e. The number of carbonyl (C=O) groups excluding carboxylic acids is 3. The van der Waals surface area contributed by atoms with Crippen LogP contribution in [0.25, 0.3) is 0 Å². The highest BCUT2D eigenvalue weighted by Gasteiger charge is 2.47. The van der Waals surface area contributed by atoms with Gasteiger partial charge in [0.05, 0.1) is 24.7 Å². The molecule has 1 aromatic carbocycles. The van der Waals surface area contributed by atoms with E-state index in [4.69, 9.17) is 33.2 Å². The van der Waals surface area contributed by atoms with Crippen molar-refractivity contribution in [2.45, 2.75) is 259 Å². The Labute approximate surface area is 481 Å². The van der Waals surface area contributed by atoms with E-state index in [1.165, 1.54) is 88.2 Å². The van der Waals surface area contributed by atoms with Gasteiger partial charge in [-0.1, -0.05) is 172 Å². The quantitative estimate of drug-likeness (QED) is 0.0292. The van der Waals surface area contributed by atoms with Crippen molar-refractivity contribution in [3.63, 3.8) is 0 Å². The molecule has 0 spiro atoms. The first kappa shape index (κ1) is 66.6. The van der Waals surface area contributed by atoms with E-state index < -0.39 is 0 Å². The van der Waals surface area contributed by atoms with Crippen LogP contribution in [-0.2, 0) is 54.0 Å². The minimum atomic E-state index is -0.0687. The van der Waals surface area contributed by atoms with Crippen LogP contribution < -0.4 is 0 Å². The lowest BCUT2D eigenvalue weighted by Crippen LogP contribution is -2.27. The maximum Gasteiger partial charge on any atom is 0.306 e. The predicted octanol–water partition coefficient (Wildman–Crippen LogP) is 15.5. The van der Waals surface area contributed by atoms with Gasteiger partial charge in [-0.2, -0.15) is 0 Å². The predicted molar refractivity (Wildman–Crippen MR) is 318 cm³/mol. The van der Waals surface area contributed by atoms with Gasteiger partial charge in [-0.25, -0.2) is 0 Å². The first-order valence-corrected chi connectivity index (χ1v) is 31.7. The number of hydrogen-bond donors (Lipinski definition) is 0. The second-order valence-electron chi connectivity index (χ2n) is 24.4. The summed E-state index contributed by atoms with van der Waals surface area (Å²) in [6.45, 7) is 21.8. The molecular weight excluding hydrogens is 988 g/mol. The molecule has 4 saturated heterocycles. The van der Waals surface area contributed by atoms with Crippen LogP contribution in [0.4, 0.5) is 0 Å². The van der Waals surface area contributed by atoms with Crippen molar-refractivity contribution < 1.29 is 47.5 Å². The summed E-state index contributed by atoms with van der Waals surface area (Å²) in [5, 5.41) is 0. The van der Waals surface area contributed by atoms with Gasteiger partial charge in [0.25, 0.3) is 0 Å². The van der Waals surface area contributed by atoms with Gasteiger partial charge in [-0.3, -0.25) is 14.4 Å². The second-order valence-corrected chi connectivity index (χ2v) is 24.4. The molecule has 0 N–H and O–H groups in total. The number of carbonyl (C=O) groups is 3. The molecule has 1 aromatic rings. The third-order valence-corrected chi connectivity index (χ3v) is 17.7. The average Bonchev–Trinajstić information content (AvgIpc) is 4.15. The zero-order valence-corrected chi connectivity index (χ0v) is 50.3. The fraction of sp³-hybridized carbons (Fsp3) is 0.750. The molecule has 7 fully saturated rings. The fourth-order valence-electron chi connectivity index (χ4n) is 13.0. The fourth-order valence-corrected chi connectivity index (χ4v) is 13.0. The molecule has 3 saturated carbocycles. The normalized spacial score (nSPS) is 31.1. The maximum atomic E-state index is 12.8. The Hall–Kier alpha value is -3.19. The van der Waals surface area contributed by atoms with Crippen molar-refractivity contribution in [1.82, 2.24) is 0 Å². The summed E-state index contributed by atoms with van der Waals surface area (Å²) in [6.07, 6.45) is 41.3. The van der Waals surface area contributed by atoms with Gasteiger partial charge < -0.3 is 33.2 Å². The van der Waals surface area contributed by atoms with Crippen LogP contribution in [0.1, 0.15) is 213 Å². The third kappa shape index (κ3) is 22.5. The largest absolute Gasteiger partial charge is 0.462 e. The molecule has 3 unspecified atom stereocenters. The smallest absolute Gasteiger partial charge is 0.306 e. The molecular formula is C68H106BO10. The van der Waals surface area contributed by atoms with E-state index in [0.717, 1.165) is 96.0 Å². The van der Waals surface area contributed by atoms with E-state index in [-0.39, 0.29) is 75.3 Å². The van der Waals surface area contributed by atoms with Crippen molar-refractivity contribution in [3.8, 4) is 0 Å². The van der Waals surface area contributed by atoms with Crippen LogP contribution in [0.5, 0.6) is 0 Å². The van der Waals surface area contributed by atoms with Crippen LogP contribution in [0.3, 0.4) is 0 Å². The van der Waals surface area contributed by atoms with Gasteiger partial charge in [-0.05, 0) is 138 Å². The van der Waals surface area contributed by atoms with E-state index in [1.54, 1.807) is 0 Å². The maximum absolute atomic E-state index is 12.8. The highest BCUT2D eigenvalue weighted by Crippen LogP contribution is 2.46. The molecule has 0 amide bonds. The van der Waals surface area contributed by atoms with Crippen LogP contribution >= 0.6 is 0 Å². The molecule has 79 heavy (non-hydrogen) atoms. The van der Waals surface area contributed by atoms with Gasteiger partial charge in [0.1, 0.15) is 11.9 Å². The molecule has 0 bridgehead atoms. The van der Waals surface area contributed by atoms with Gasteiger partial charge in [0, 0.05) is 58.8 Å². The number of esters is 1. The Kier molecular flexibility index (Phi) is 30.7. The average molecular weight is 1090 g/mol. The zero-order chi connectivity index (χ0) is 55.7. The second kappa shape index (κ2) is 36.4. The Morgan fingerprint density at radius 2 is 1.13 bits per heavy atom. The van der Waals surface area contributed by atoms with Crippen molar-refractivity contribution in [1.29, 1.82) is 0 Å². The van der Waals surface area contributed by atoms with Gasteiger partial charge in [0.15, 0.2) is 24.7 Å². The summed E-state index contributed by atoms with van der Waals surface area (Å²) in [4.78, 5) is 36.2. The summed E-state index contributed by atoms with van der Waals surface area (Å²) in [5.74, 6) is 3.27. The summed E-state index contributed by atoms with van der Waals surface area (Å²) in [6, 6.07) is 8.58. The van der Waals surface area contributed by atoms with Crippen molar-refractivity contribution >= 4 is 25.9 Å².